The Bertz CT molecular complexity index is 873. The minimum atomic E-state index is -1.13. The number of nitrogens with two attached hydrogens (primary N) is 1. The fourth-order valence-corrected chi connectivity index (χ4v) is 3.26. The fraction of sp³-hybridized carbons (Fsp3) is 0.300. The lowest BCUT2D eigenvalue weighted by Gasteiger charge is -2.38. The van der Waals surface area contributed by atoms with Crippen molar-refractivity contribution in [3.05, 3.63) is 75.8 Å². The summed E-state index contributed by atoms with van der Waals surface area (Å²) in [6.45, 7) is 3.23. The van der Waals surface area contributed by atoms with Gasteiger partial charge in [-0.3, -0.25) is 19.7 Å². The second-order valence-corrected chi connectivity index (χ2v) is 6.96. The molecule has 0 radical (unpaired) electrons. The number of hydrogen-bond acceptors (Lipinski definition) is 5. The summed E-state index contributed by atoms with van der Waals surface area (Å²) in [5.74, 6) is -0.387. The molecule has 2 aromatic rings. The van der Waals surface area contributed by atoms with E-state index in [-0.39, 0.29) is 17.5 Å². The van der Waals surface area contributed by atoms with Gasteiger partial charge < -0.3 is 15.5 Å². The summed E-state index contributed by atoms with van der Waals surface area (Å²) >= 11 is 0. The highest BCUT2D eigenvalue weighted by Crippen LogP contribution is 2.22. The van der Waals surface area contributed by atoms with E-state index < -0.39 is 10.5 Å². The van der Waals surface area contributed by atoms with Crippen molar-refractivity contribution in [3.63, 3.8) is 0 Å². The monoisotopic (exact) mass is 382 g/mol. The number of nitro groups is 1. The van der Waals surface area contributed by atoms with Crippen LogP contribution in [0.15, 0.2) is 54.6 Å². The van der Waals surface area contributed by atoms with E-state index in [0.29, 0.717) is 31.7 Å². The van der Waals surface area contributed by atoms with Crippen LogP contribution in [0, 0.1) is 10.1 Å². The Labute approximate surface area is 162 Å². The molecule has 8 nitrogen and oxygen atoms in total. The first-order valence-corrected chi connectivity index (χ1v) is 8.98. The second-order valence-electron chi connectivity index (χ2n) is 6.96. The summed E-state index contributed by atoms with van der Waals surface area (Å²) in [6.07, 6.45) is 0. The highest BCUT2D eigenvalue weighted by molar-refractivity contribution is 5.94. The lowest BCUT2D eigenvalue weighted by atomic mass is 9.91. The molecular weight excluding hydrogens is 360 g/mol. The Hall–Kier alpha value is -3.26. The summed E-state index contributed by atoms with van der Waals surface area (Å²) in [4.78, 5) is 39.0. The molecule has 0 aromatic heterocycles. The summed E-state index contributed by atoms with van der Waals surface area (Å²) < 4.78 is 0. The largest absolute Gasteiger partial charge is 0.337 e. The van der Waals surface area contributed by atoms with E-state index in [1.807, 2.05) is 30.3 Å². The van der Waals surface area contributed by atoms with Crippen molar-refractivity contribution in [2.45, 2.75) is 12.5 Å². The number of piperazine rings is 1. The number of nitrogens with zero attached hydrogens (tertiary/aromatic N) is 3. The number of benzene rings is 2. The molecular formula is C20H22N4O4. The van der Waals surface area contributed by atoms with Crippen LogP contribution in [-0.2, 0) is 10.3 Å². The second kappa shape index (κ2) is 7.77. The van der Waals surface area contributed by atoms with Gasteiger partial charge in [0.2, 0.25) is 5.91 Å². The van der Waals surface area contributed by atoms with Gasteiger partial charge in [-0.15, -0.1) is 0 Å². The third-order valence-corrected chi connectivity index (χ3v) is 5.00. The molecule has 1 saturated heterocycles. The molecule has 1 unspecified atom stereocenters. The number of amides is 2. The van der Waals surface area contributed by atoms with Gasteiger partial charge in [0.05, 0.1) is 4.92 Å². The molecule has 146 valence electrons. The number of nitro benzene ring substituents is 1. The van der Waals surface area contributed by atoms with Crippen molar-refractivity contribution in [1.29, 1.82) is 0 Å². The third kappa shape index (κ3) is 3.86. The van der Waals surface area contributed by atoms with Gasteiger partial charge in [-0.2, -0.15) is 0 Å². The van der Waals surface area contributed by atoms with Gasteiger partial charge in [-0.25, -0.2) is 0 Å². The maximum atomic E-state index is 12.9. The molecule has 3 rings (SSSR count). The van der Waals surface area contributed by atoms with Crippen LogP contribution in [0.25, 0.3) is 0 Å². The first-order chi connectivity index (χ1) is 13.3. The maximum absolute atomic E-state index is 12.9. The Morgan fingerprint density at radius 2 is 1.50 bits per heavy atom. The van der Waals surface area contributed by atoms with E-state index in [9.17, 15) is 19.7 Å². The molecule has 28 heavy (non-hydrogen) atoms. The number of hydrogen-bond donors (Lipinski definition) is 1. The molecule has 0 spiro atoms. The molecule has 8 heteroatoms. The van der Waals surface area contributed by atoms with E-state index >= 15 is 0 Å². The molecule has 2 aromatic carbocycles. The van der Waals surface area contributed by atoms with Crippen molar-refractivity contribution in [2.75, 3.05) is 26.2 Å². The predicted molar refractivity (Wildman–Crippen MR) is 104 cm³/mol. The van der Waals surface area contributed by atoms with Crippen molar-refractivity contribution < 1.29 is 14.5 Å². The van der Waals surface area contributed by atoms with E-state index in [0.717, 1.165) is 5.56 Å². The number of carbonyl (C=O) groups excluding carboxylic acids is 2. The quantitative estimate of drug-likeness (QED) is 0.640. The van der Waals surface area contributed by atoms with Crippen molar-refractivity contribution in [2.24, 2.45) is 5.73 Å². The van der Waals surface area contributed by atoms with Gasteiger partial charge in [0.15, 0.2) is 0 Å². The first-order valence-electron chi connectivity index (χ1n) is 8.98. The van der Waals surface area contributed by atoms with Gasteiger partial charge in [0.25, 0.3) is 11.6 Å². The topological polar surface area (TPSA) is 110 Å². The third-order valence-electron chi connectivity index (χ3n) is 5.00. The molecule has 1 heterocycles. The molecule has 1 aliphatic rings. The molecule has 0 aliphatic carbocycles. The minimum Gasteiger partial charge on any atom is -0.337 e. The number of rotatable bonds is 4. The first kappa shape index (κ1) is 19.5. The zero-order valence-electron chi connectivity index (χ0n) is 15.6. The fourth-order valence-electron chi connectivity index (χ4n) is 3.26. The van der Waals surface area contributed by atoms with Crippen LogP contribution in [0.5, 0.6) is 0 Å². The lowest BCUT2D eigenvalue weighted by molar-refractivity contribution is -0.384. The van der Waals surface area contributed by atoms with Gasteiger partial charge in [0.1, 0.15) is 5.54 Å². The van der Waals surface area contributed by atoms with Crippen LogP contribution in [0.2, 0.25) is 0 Å². The van der Waals surface area contributed by atoms with Crippen molar-refractivity contribution >= 4 is 17.5 Å². The van der Waals surface area contributed by atoms with Crippen LogP contribution in [0.4, 0.5) is 5.69 Å². The van der Waals surface area contributed by atoms with Gasteiger partial charge in [0, 0.05) is 43.9 Å². The number of carbonyl (C=O) groups is 2. The molecule has 1 atom stereocenters. The summed E-state index contributed by atoms with van der Waals surface area (Å²) in [6, 6.07) is 14.7. The van der Waals surface area contributed by atoms with Gasteiger partial charge in [-0.05, 0) is 24.6 Å². The van der Waals surface area contributed by atoms with Crippen LogP contribution in [0.3, 0.4) is 0 Å². The Kier molecular flexibility index (Phi) is 5.41. The molecule has 0 saturated carbocycles. The average Bonchev–Trinajstić information content (AvgIpc) is 2.73. The SMILES string of the molecule is CC(N)(C(=O)N1CCN(C(=O)c2ccc([N+](=O)[O-])cc2)CC1)c1ccccc1. The Balaban J connectivity index is 1.63. The summed E-state index contributed by atoms with van der Waals surface area (Å²) in [5, 5.41) is 10.7. The molecule has 1 fully saturated rings. The highest BCUT2D eigenvalue weighted by atomic mass is 16.6. The smallest absolute Gasteiger partial charge is 0.269 e. The van der Waals surface area contributed by atoms with E-state index in [1.54, 1.807) is 16.7 Å². The predicted octanol–water partition coefficient (Wildman–Crippen LogP) is 1.75. The summed E-state index contributed by atoms with van der Waals surface area (Å²) in [7, 11) is 0. The van der Waals surface area contributed by atoms with Crippen LogP contribution < -0.4 is 5.73 Å². The zero-order valence-corrected chi connectivity index (χ0v) is 15.6. The average molecular weight is 382 g/mol. The normalized spacial score (nSPS) is 16.4. The Morgan fingerprint density at radius 1 is 0.964 bits per heavy atom. The molecule has 1 aliphatic heterocycles. The van der Waals surface area contributed by atoms with E-state index in [1.165, 1.54) is 24.3 Å². The van der Waals surface area contributed by atoms with E-state index in [4.69, 9.17) is 5.73 Å². The zero-order chi connectivity index (χ0) is 20.3. The van der Waals surface area contributed by atoms with Crippen LogP contribution >= 0.6 is 0 Å². The standard InChI is InChI=1S/C20H22N4O4/c1-20(21,16-5-3-2-4-6-16)19(26)23-13-11-22(12-14-23)18(25)15-7-9-17(10-8-15)24(27)28/h2-10H,11-14,21H2,1H3. The van der Waals surface area contributed by atoms with Crippen LogP contribution in [-0.4, -0.2) is 52.7 Å². The Morgan fingerprint density at radius 3 is 2.04 bits per heavy atom. The van der Waals surface area contributed by atoms with Gasteiger partial charge in [-0.1, -0.05) is 30.3 Å². The van der Waals surface area contributed by atoms with Crippen molar-refractivity contribution in [3.8, 4) is 0 Å². The van der Waals surface area contributed by atoms with Crippen LogP contribution in [0.1, 0.15) is 22.8 Å². The number of non-ortho nitro benzene ring substituents is 1. The van der Waals surface area contributed by atoms with Gasteiger partial charge >= 0.3 is 0 Å². The van der Waals surface area contributed by atoms with Crippen molar-refractivity contribution in [1.82, 2.24) is 9.80 Å². The lowest BCUT2D eigenvalue weighted by Crippen LogP contribution is -2.57. The molecule has 2 N–H and O–H groups in total. The summed E-state index contributed by atoms with van der Waals surface area (Å²) in [5.41, 5.74) is 6.24. The molecule has 2 amide bonds. The minimum absolute atomic E-state index is 0.0601. The molecule has 0 bridgehead atoms. The van der Waals surface area contributed by atoms with E-state index in [2.05, 4.69) is 0 Å². The highest BCUT2D eigenvalue weighted by Gasteiger charge is 2.36. The maximum Gasteiger partial charge on any atom is 0.269 e.